The average molecular weight is 581 g/mol. The van der Waals surface area contributed by atoms with Crippen molar-refractivity contribution in [2.45, 2.75) is 45.2 Å². The molecule has 2 fully saturated rings. The van der Waals surface area contributed by atoms with Gasteiger partial charge in [0.05, 0.1) is 12.2 Å². The quantitative estimate of drug-likeness (QED) is 0.401. The molecule has 2 saturated heterocycles. The van der Waals surface area contributed by atoms with Gasteiger partial charge in [-0.25, -0.2) is 4.98 Å². The summed E-state index contributed by atoms with van der Waals surface area (Å²) in [5, 5.41) is 2.52. The molecule has 2 amide bonds. The summed E-state index contributed by atoms with van der Waals surface area (Å²) >= 11 is 0. The maximum atomic E-state index is 14.2. The van der Waals surface area contributed by atoms with E-state index in [-0.39, 0.29) is 17.9 Å². The number of carbonyl (C=O) groups is 2. The molecule has 1 atom stereocenters. The number of benzene rings is 2. The van der Waals surface area contributed by atoms with E-state index in [2.05, 4.69) is 83.6 Å². The standard InChI is InChI=1S/C35H44N6O2/c1-5-33(42)39-20-18-38(19-21-39)32-22-29(35(43)41-16-7-6-13-27(41)23-37(3)4)36-30-24-40(17-15-28(30)32)31-14-9-12-26-11-8-10-25(2)34(26)31/h5,8-12,14,22,27H,1,6-7,13,15-21,23-24H2,2-4H3. The highest BCUT2D eigenvalue weighted by Gasteiger charge is 2.32. The van der Waals surface area contributed by atoms with E-state index in [1.807, 2.05) is 11.0 Å². The highest BCUT2D eigenvalue weighted by molar-refractivity contribution is 5.97. The van der Waals surface area contributed by atoms with E-state index in [1.54, 1.807) is 0 Å². The first-order valence-corrected chi connectivity index (χ1v) is 15.7. The molecule has 3 aliphatic heterocycles. The number of aromatic nitrogens is 1. The molecule has 8 heteroatoms. The number of piperidine rings is 1. The van der Waals surface area contributed by atoms with Gasteiger partial charge in [0.2, 0.25) is 5.91 Å². The van der Waals surface area contributed by atoms with E-state index in [1.165, 1.54) is 33.7 Å². The number of carbonyl (C=O) groups excluding carboxylic acids is 2. The molecule has 226 valence electrons. The molecule has 0 saturated carbocycles. The second-order valence-corrected chi connectivity index (χ2v) is 12.5. The van der Waals surface area contributed by atoms with Crippen molar-refractivity contribution in [1.82, 2.24) is 19.7 Å². The first-order valence-electron chi connectivity index (χ1n) is 15.7. The van der Waals surface area contributed by atoms with Crippen LogP contribution in [-0.2, 0) is 17.8 Å². The lowest BCUT2D eigenvalue weighted by Gasteiger charge is -2.40. The van der Waals surface area contributed by atoms with Crippen LogP contribution in [0.25, 0.3) is 10.8 Å². The minimum atomic E-state index is -0.0228. The minimum absolute atomic E-state index is 0.0228. The van der Waals surface area contributed by atoms with Crippen molar-refractivity contribution in [2.75, 3.05) is 69.7 Å². The molecular weight excluding hydrogens is 536 g/mol. The second-order valence-electron chi connectivity index (χ2n) is 12.5. The Hall–Kier alpha value is -3.91. The van der Waals surface area contributed by atoms with E-state index in [0.717, 1.165) is 69.8 Å². The van der Waals surface area contributed by atoms with Gasteiger partial charge in [-0.15, -0.1) is 0 Å². The van der Waals surface area contributed by atoms with Crippen LogP contribution >= 0.6 is 0 Å². The number of aryl methyl sites for hydroxylation is 1. The average Bonchev–Trinajstić information content (AvgIpc) is 3.03. The number of rotatable bonds is 6. The minimum Gasteiger partial charge on any atom is -0.368 e. The molecule has 4 heterocycles. The summed E-state index contributed by atoms with van der Waals surface area (Å²) in [6.45, 7) is 11.7. The van der Waals surface area contributed by atoms with E-state index in [0.29, 0.717) is 25.3 Å². The van der Waals surface area contributed by atoms with Crippen LogP contribution in [0.5, 0.6) is 0 Å². The number of anilines is 2. The molecule has 0 spiro atoms. The number of pyridine rings is 1. The van der Waals surface area contributed by atoms with Crippen LogP contribution in [0.3, 0.4) is 0 Å². The van der Waals surface area contributed by atoms with Gasteiger partial charge in [-0.1, -0.05) is 36.9 Å². The Morgan fingerprint density at radius 1 is 0.977 bits per heavy atom. The van der Waals surface area contributed by atoms with Gasteiger partial charge in [0.1, 0.15) is 5.69 Å². The molecule has 2 aromatic carbocycles. The lowest BCUT2D eigenvalue weighted by molar-refractivity contribution is -0.126. The van der Waals surface area contributed by atoms with Crippen LogP contribution in [0, 0.1) is 6.92 Å². The molecule has 1 unspecified atom stereocenters. The van der Waals surface area contributed by atoms with Gasteiger partial charge >= 0.3 is 0 Å². The van der Waals surface area contributed by atoms with E-state index >= 15 is 0 Å². The smallest absolute Gasteiger partial charge is 0.272 e. The second kappa shape index (κ2) is 12.4. The fraction of sp³-hybridized carbons (Fsp3) is 0.457. The fourth-order valence-corrected chi connectivity index (χ4v) is 7.21. The molecule has 0 radical (unpaired) electrons. The number of likely N-dealkylation sites (tertiary alicyclic amines) is 1. The number of piperazine rings is 1. The van der Waals surface area contributed by atoms with Crippen LogP contribution < -0.4 is 9.80 Å². The normalized spacial score (nSPS) is 19.1. The highest BCUT2D eigenvalue weighted by Crippen LogP contribution is 2.36. The van der Waals surface area contributed by atoms with Crippen LogP contribution in [0.15, 0.2) is 55.1 Å². The number of fused-ring (bicyclic) bond motifs is 2. The van der Waals surface area contributed by atoms with Crippen LogP contribution in [0.2, 0.25) is 0 Å². The van der Waals surface area contributed by atoms with Gasteiger partial charge in [0.15, 0.2) is 0 Å². The Kier molecular flexibility index (Phi) is 8.39. The zero-order valence-electron chi connectivity index (χ0n) is 25.9. The van der Waals surface area contributed by atoms with Crippen LogP contribution in [0.1, 0.15) is 46.6 Å². The third kappa shape index (κ3) is 5.85. The lowest BCUT2D eigenvalue weighted by Crippen LogP contribution is -2.49. The predicted octanol–water partition coefficient (Wildman–Crippen LogP) is 4.50. The maximum absolute atomic E-state index is 14.2. The first kappa shape index (κ1) is 29.2. The van der Waals surface area contributed by atoms with E-state index < -0.39 is 0 Å². The van der Waals surface area contributed by atoms with Gasteiger partial charge in [-0.05, 0) is 75.9 Å². The van der Waals surface area contributed by atoms with Crippen molar-refractivity contribution in [1.29, 1.82) is 0 Å². The van der Waals surface area contributed by atoms with Crippen molar-refractivity contribution < 1.29 is 9.59 Å². The molecule has 8 nitrogen and oxygen atoms in total. The molecule has 0 aliphatic carbocycles. The Labute approximate surface area is 255 Å². The summed E-state index contributed by atoms with van der Waals surface area (Å²) in [7, 11) is 4.15. The van der Waals surface area contributed by atoms with Gasteiger partial charge < -0.3 is 24.5 Å². The predicted molar refractivity (Wildman–Crippen MR) is 174 cm³/mol. The highest BCUT2D eigenvalue weighted by atomic mass is 16.2. The number of nitrogens with zero attached hydrogens (tertiary/aromatic N) is 6. The van der Waals surface area contributed by atoms with Crippen molar-refractivity contribution in [2.24, 2.45) is 0 Å². The molecule has 43 heavy (non-hydrogen) atoms. The first-order chi connectivity index (χ1) is 20.8. The molecule has 0 N–H and O–H groups in total. The third-order valence-electron chi connectivity index (χ3n) is 9.38. The summed E-state index contributed by atoms with van der Waals surface area (Å²) in [6.07, 6.45) is 5.45. The topological polar surface area (TPSA) is 63.2 Å². The Balaban J connectivity index is 1.37. The summed E-state index contributed by atoms with van der Waals surface area (Å²) in [6, 6.07) is 15.2. The van der Waals surface area contributed by atoms with Crippen molar-refractivity contribution in [3.8, 4) is 0 Å². The summed E-state index contributed by atoms with van der Waals surface area (Å²) in [5.74, 6) is 0.0135. The molecular formula is C35H44N6O2. The van der Waals surface area contributed by atoms with Crippen LogP contribution in [0.4, 0.5) is 11.4 Å². The molecule has 1 aromatic heterocycles. The zero-order chi connectivity index (χ0) is 30.1. The van der Waals surface area contributed by atoms with Crippen molar-refractivity contribution in [3.63, 3.8) is 0 Å². The SMILES string of the molecule is C=CC(=O)N1CCN(c2cc(C(=O)N3CCCCC3CN(C)C)nc3c2CCN(c2cccc4cccc(C)c24)C3)CC1. The van der Waals surface area contributed by atoms with Gasteiger partial charge in [-0.3, -0.25) is 9.59 Å². The largest absolute Gasteiger partial charge is 0.368 e. The maximum Gasteiger partial charge on any atom is 0.272 e. The monoisotopic (exact) mass is 580 g/mol. The van der Waals surface area contributed by atoms with E-state index in [9.17, 15) is 9.59 Å². The Morgan fingerprint density at radius 3 is 2.49 bits per heavy atom. The summed E-state index contributed by atoms with van der Waals surface area (Å²) in [4.78, 5) is 42.5. The third-order valence-corrected chi connectivity index (χ3v) is 9.38. The molecule has 3 aromatic rings. The lowest BCUT2D eigenvalue weighted by atomic mass is 9.97. The molecule has 6 rings (SSSR count). The van der Waals surface area contributed by atoms with Gasteiger partial charge in [-0.2, -0.15) is 0 Å². The summed E-state index contributed by atoms with van der Waals surface area (Å²) in [5.41, 5.74) is 6.36. The summed E-state index contributed by atoms with van der Waals surface area (Å²) < 4.78 is 0. The fourth-order valence-electron chi connectivity index (χ4n) is 7.21. The van der Waals surface area contributed by atoms with E-state index in [4.69, 9.17) is 4.98 Å². The number of hydrogen-bond acceptors (Lipinski definition) is 6. The zero-order valence-corrected chi connectivity index (χ0v) is 25.9. The number of hydrogen-bond donors (Lipinski definition) is 0. The van der Waals surface area contributed by atoms with Crippen molar-refractivity contribution >= 4 is 34.0 Å². The van der Waals surface area contributed by atoms with Gasteiger partial charge in [0, 0.05) is 74.2 Å². The molecule has 3 aliphatic rings. The Bertz CT molecular complexity index is 1520. The van der Waals surface area contributed by atoms with Crippen LogP contribution in [-0.4, -0.2) is 97.4 Å². The number of amides is 2. The Morgan fingerprint density at radius 2 is 1.74 bits per heavy atom. The van der Waals surface area contributed by atoms with Crippen molar-refractivity contribution in [3.05, 3.63) is 77.6 Å². The van der Waals surface area contributed by atoms with Gasteiger partial charge in [0.25, 0.3) is 5.91 Å². The number of likely N-dealkylation sites (N-methyl/N-ethyl adjacent to an activating group) is 1. The molecule has 0 bridgehead atoms.